The van der Waals surface area contributed by atoms with Crippen LogP contribution in [0.15, 0.2) is 18.3 Å². The summed E-state index contributed by atoms with van der Waals surface area (Å²) in [6.07, 6.45) is 2.17. The lowest BCUT2D eigenvalue weighted by Crippen LogP contribution is -2.31. The molecule has 7 nitrogen and oxygen atoms in total. The lowest BCUT2D eigenvalue weighted by Gasteiger charge is -2.42. The maximum atomic E-state index is 14.8. The summed E-state index contributed by atoms with van der Waals surface area (Å²) < 4.78 is 50.2. The van der Waals surface area contributed by atoms with Crippen molar-refractivity contribution >= 4 is 11.5 Å². The Bertz CT molecular complexity index is 1170. The molecule has 2 aliphatic rings. The normalized spacial score (nSPS) is 22.8. The quantitative estimate of drug-likeness (QED) is 0.623. The molecule has 3 aromatic heterocycles. The summed E-state index contributed by atoms with van der Waals surface area (Å²) in [5.74, 6) is -1.08. The second-order valence-corrected chi connectivity index (χ2v) is 9.36. The largest absolute Gasteiger partial charge is 0.495 e. The third-order valence-corrected chi connectivity index (χ3v) is 6.32. The fraction of sp³-hybridized carbons (Fsp3) is 0.500. The molecule has 170 valence electrons. The summed E-state index contributed by atoms with van der Waals surface area (Å²) in [5, 5.41) is 10.4. The molecule has 1 saturated carbocycles. The van der Waals surface area contributed by atoms with Crippen LogP contribution >= 0.6 is 0 Å². The maximum absolute atomic E-state index is 14.8. The van der Waals surface area contributed by atoms with Crippen LogP contribution < -0.4 is 15.4 Å². The van der Waals surface area contributed by atoms with Crippen molar-refractivity contribution in [2.24, 2.45) is 5.41 Å². The van der Waals surface area contributed by atoms with E-state index in [0.717, 1.165) is 24.6 Å². The first-order valence-electron chi connectivity index (χ1n) is 10.7. The van der Waals surface area contributed by atoms with E-state index < -0.39 is 23.8 Å². The summed E-state index contributed by atoms with van der Waals surface area (Å²) in [6, 6.07) is 1.86. The van der Waals surface area contributed by atoms with Gasteiger partial charge in [-0.05, 0) is 18.3 Å². The second kappa shape index (κ2) is 7.61. The van der Waals surface area contributed by atoms with E-state index in [4.69, 9.17) is 9.84 Å². The van der Waals surface area contributed by atoms with Gasteiger partial charge in [-0.15, -0.1) is 0 Å². The highest BCUT2D eigenvalue weighted by molar-refractivity contribution is 5.63. The highest BCUT2D eigenvalue weighted by Gasteiger charge is 2.39. The predicted molar refractivity (Wildman–Crippen MR) is 114 cm³/mol. The Kier molecular flexibility index (Phi) is 4.99. The molecule has 10 heteroatoms. The van der Waals surface area contributed by atoms with Gasteiger partial charge in [0, 0.05) is 31.1 Å². The minimum Gasteiger partial charge on any atom is -0.495 e. The van der Waals surface area contributed by atoms with E-state index in [1.54, 1.807) is 13.2 Å². The minimum absolute atomic E-state index is 0.111. The molecule has 32 heavy (non-hydrogen) atoms. The molecular weight excluding hydrogens is 421 g/mol. The molecule has 1 saturated heterocycles. The van der Waals surface area contributed by atoms with Gasteiger partial charge in [-0.3, -0.25) is 0 Å². The number of alkyl halides is 1. The molecule has 5 rings (SSSR count). The first-order valence-corrected chi connectivity index (χ1v) is 10.7. The zero-order valence-corrected chi connectivity index (χ0v) is 18.1. The number of halogens is 3. The van der Waals surface area contributed by atoms with Crippen LogP contribution in [0.1, 0.15) is 38.3 Å². The molecule has 0 unspecified atom stereocenters. The van der Waals surface area contributed by atoms with E-state index in [2.05, 4.69) is 34.4 Å². The van der Waals surface area contributed by atoms with E-state index in [-0.39, 0.29) is 35.1 Å². The number of nitrogens with zero attached hydrogens (tertiary/aromatic N) is 4. The van der Waals surface area contributed by atoms with Crippen LogP contribution in [-0.2, 0) is 0 Å². The van der Waals surface area contributed by atoms with Crippen LogP contribution in [-0.4, -0.2) is 52.0 Å². The summed E-state index contributed by atoms with van der Waals surface area (Å²) in [6.45, 7) is 4.90. The third kappa shape index (κ3) is 3.56. The highest BCUT2D eigenvalue weighted by atomic mass is 19.1. The van der Waals surface area contributed by atoms with Crippen LogP contribution in [0, 0.1) is 17.0 Å². The Morgan fingerprint density at radius 3 is 2.62 bits per heavy atom. The number of rotatable bonds is 5. The Labute approximate surface area is 183 Å². The number of anilines is 1. The predicted octanol–water partition coefficient (Wildman–Crippen LogP) is 3.70. The molecule has 0 amide bonds. The topological polar surface area (TPSA) is 76.4 Å². The standard InChI is InChI=1S/C22H25F3N6O/c1-22(2)6-11(7-22)19-17(32-3)5-18-27-10-16(31(18)30-19)20-12(23)4-13(24)21(29-20)28-15-9-26-8-14(15)25/h4-5,10-11,14-15,26H,6-9H2,1-3H3,(H,28,29)/t14-,15-/m1/s1. The van der Waals surface area contributed by atoms with Crippen molar-refractivity contribution in [1.82, 2.24) is 24.9 Å². The molecule has 2 N–H and O–H groups in total. The van der Waals surface area contributed by atoms with Gasteiger partial charge in [-0.25, -0.2) is 27.7 Å². The van der Waals surface area contributed by atoms with Crippen molar-refractivity contribution < 1.29 is 17.9 Å². The molecule has 0 radical (unpaired) electrons. The van der Waals surface area contributed by atoms with Gasteiger partial charge in [0.25, 0.3) is 0 Å². The first kappa shape index (κ1) is 21.0. The zero-order valence-electron chi connectivity index (χ0n) is 18.1. The molecule has 3 aromatic rings. The van der Waals surface area contributed by atoms with Crippen molar-refractivity contribution in [1.29, 1.82) is 0 Å². The van der Waals surface area contributed by atoms with E-state index >= 15 is 0 Å². The van der Waals surface area contributed by atoms with E-state index in [1.807, 2.05) is 0 Å². The smallest absolute Gasteiger partial charge is 0.168 e. The first-order chi connectivity index (χ1) is 15.3. The van der Waals surface area contributed by atoms with Gasteiger partial charge in [0.05, 0.1) is 19.3 Å². The van der Waals surface area contributed by atoms with Gasteiger partial charge in [-0.2, -0.15) is 5.10 Å². The number of fused-ring (bicyclic) bond motifs is 1. The molecule has 2 fully saturated rings. The highest BCUT2D eigenvalue weighted by Crippen LogP contribution is 2.51. The second-order valence-electron chi connectivity index (χ2n) is 9.36. The molecule has 1 aliphatic heterocycles. The monoisotopic (exact) mass is 446 g/mol. The fourth-order valence-electron chi connectivity index (χ4n) is 4.70. The van der Waals surface area contributed by atoms with Crippen LogP contribution in [0.25, 0.3) is 17.0 Å². The van der Waals surface area contributed by atoms with Crippen molar-refractivity contribution in [3.8, 4) is 17.1 Å². The Hall–Kier alpha value is -2.88. The molecule has 4 heterocycles. The zero-order chi connectivity index (χ0) is 22.6. The Balaban J connectivity index is 1.56. The maximum Gasteiger partial charge on any atom is 0.168 e. The van der Waals surface area contributed by atoms with Crippen LogP contribution in [0.4, 0.5) is 19.0 Å². The number of methoxy groups -OCH3 is 1. The van der Waals surface area contributed by atoms with E-state index in [9.17, 15) is 13.2 Å². The molecule has 1 aliphatic carbocycles. The van der Waals surface area contributed by atoms with E-state index in [1.165, 1.54) is 10.7 Å². The summed E-state index contributed by atoms with van der Waals surface area (Å²) >= 11 is 0. The average Bonchev–Trinajstić information content (AvgIpc) is 3.32. The summed E-state index contributed by atoms with van der Waals surface area (Å²) in [5.41, 5.74) is 1.64. The van der Waals surface area contributed by atoms with Crippen LogP contribution in [0.3, 0.4) is 0 Å². The summed E-state index contributed by atoms with van der Waals surface area (Å²) in [4.78, 5) is 8.46. The van der Waals surface area contributed by atoms with Gasteiger partial charge < -0.3 is 15.4 Å². The van der Waals surface area contributed by atoms with Crippen molar-refractivity contribution in [3.05, 3.63) is 35.7 Å². The third-order valence-electron chi connectivity index (χ3n) is 6.32. The lowest BCUT2D eigenvalue weighted by molar-refractivity contribution is 0.145. The lowest BCUT2D eigenvalue weighted by atomic mass is 9.63. The number of ether oxygens (including phenoxy) is 1. The SMILES string of the molecule is COc1cc2ncc(-c3nc(N[C@@H]4CNC[C@H]4F)c(F)cc3F)n2nc1C1CC(C)(C)C1. The van der Waals surface area contributed by atoms with Crippen molar-refractivity contribution in [2.75, 3.05) is 25.5 Å². The minimum atomic E-state index is -1.19. The molecular formula is C22H25F3N6O. The van der Waals surface area contributed by atoms with Crippen molar-refractivity contribution in [2.45, 2.75) is 44.8 Å². The molecule has 0 aromatic carbocycles. The Morgan fingerprint density at radius 1 is 1.19 bits per heavy atom. The molecule has 0 bridgehead atoms. The average molecular weight is 446 g/mol. The van der Waals surface area contributed by atoms with Gasteiger partial charge in [0.2, 0.25) is 0 Å². The van der Waals surface area contributed by atoms with Crippen LogP contribution in [0.5, 0.6) is 5.75 Å². The number of hydrogen-bond donors (Lipinski definition) is 2. The molecule has 0 spiro atoms. The van der Waals surface area contributed by atoms with E-state index in [0.29, 0.717) is 17.9 Å². The number of imidazole rings is 1. The van der Waals surface area contributed by atoms with Crippen molar-refractivity contribution in [3.63, 3.8) is 0 Å². The van der Waals surface area contributed by atoms with Crippen LogP contribution in [0.2, 0.25) is 0 Å². The Morgan fingerprint density at radius 2 is 1.97 bits per heavy atom. The van der Waals surface area contributed by atoms with Gasteiger partial charge in [0.1, 0.15) is 29.0 Å². The van der Waals surface area contributed by atoms with Gasteiger partial charge in [0.15, 0.2) is 23.1 Å². The van der Waals surface area contributed by atoms with Gasteiger partial charge >= 0.3 is 0 Å². The number of nitrogens with one attached hydrogen (secondary N) is 2. The fourth-order valence-corrected chi connectivity index (χ4v) is 4.70. The number of aromatic nitrogens is 4. The molecule has 2 atom stereocenters. The van der Waals surface area contributed by atoms with Gasteiger partial charge in [-0.1, -0.05) is 13.8 Å². The summed E-state index contributed by atoms with van der Waals surface area (Å²) in [7, 11) is 1.58. The number of hydrogen-bond acceptors (Lipinski definition) is 6. The number of pyridine rings is 1.